The second-order valence-electron chi connectivity index (χ2n) is 5.46. The van der Waals surface area contributed by atoms with Crippen LogP contribution in [0.4, 0.5) is 0 Å². The Balaban J connectivity index is 2.23. The predicted molar refractivity (Wildman–Crippen MR) is 85.2 cm³/mol. The summed E-state index contributed by atoms with van der Waals surface area (Å²) in [6, 6.07) is 5.90. The third-order valence-corrected chi connectivity index (χ3v) is 5.67. The molecule has 0 bridgehead atoms. The molecular weight excluding hydrogens is 336 g/mol. The molecule has 1 saturated heterocycles. The average Bonchev–Trinajstić information content (AvgIpc) is 2.60. The van der Waals surface area contributed by atoms with Gasteiger partial charge in [-0.3, -0.25) is 9.59 Å². The molecule has 1 amide bonds. The van der Waals surface area contributed by atoms with Crippen molar-refractivity contribution in [2.24, 2.45) is 5.92 Å². The fourth-order valence-corrected chi connectivity index (χ4v) is 3.83. The molecule has 1 aromatic rings. The summed E-state index contributed by atoms with van der Waals surface area (Å²) in [6.07, 6.45) is 0. The Bertz CT molecular complexity index is 712. The van der Waals surface area contributed by atoms with E-state index in [1.54, 1.807) is 12.1 Å². The maximum atomic E-state index is 12.8. The van der Waals surface area contributed by atoms with E-state index in [-0.39, 0.29) is 30.1 Å². The van der Waals surface area contributed by atoms with Gasteiger partial charge in [-0.1, -0.05) is 19.1 Å². The molecule has 1 aliphatic heterocycles. The van der Waals surface area contributed by atoms with Crippen LogP contribution in [-0.4, -0.2) is 62.6 Å². The topological polar surface area (TPSA) is 113 Å². The van der Waals surface area contributed by atoms with Crippen molar-refractivity contribution in [1.82, 2.24) is 9.62 Å². The van der Waals surface area contributed by atoms with Crippen molar-refractivity contribution in [1.29, 1.82) is 0 Å². The molecule has 1 aliphatic rings. The van der Waals surface area contributed by atoms with Crippen LogP contribution in [0.15, 0.2) is 29.2 Å². The molecule has 132 valence electrons. The zero-order valence-electron chi connectivity index (χ0n) is 13.3. The Kier molecular flexibility index (Phi) is 5.92. The summed E-state index contributed by atoms with van der Waals surface area (Å²) in [5, 5.41) is 11.3. The lowest BCUT2D eigenvalue weighted by Gasteiger charge is -2.26. The standard InChI is InChI=1S/C15H20N2O6S/c1-11(15(19)20)10-16-14(18)12-4-2-3-5-13(12)24(21,22)17-6-8-23-9-7-17/h2-5,11H,6-10H2,1H3,(H,16,18)(H,19,20). The third-order valence-electron chi connectivity index (χ3n) is 3.71. The highest BCUT2D eigenvalue weighted by Crippen LogP contribution is 2.21. The lowest BCUT2D eigenvalue weighted by atomic mass is 10.1. The zero-order valence-corrected chi connectivity index (χ0v) is 14.1. The quantitative estimate of drug-likeness (QED) is 0.751. The Morgan fingerprint density at radius 1 is 1.29 bits per heavy atom. The van der Waals surface area contributed by atoms with Gasteiger partial charge in [0.25, 0.3) is 5.91 Å². The number of nitrogens with one attached hydrogen (secondary N) is 1. The van der Waals surface area contributed by atoms with E-state index < -0.39 is 27.8 Å². The maximum absolute atomic E-state index is 12.8. The number of carbonyl (C=O) groups is 2. The lowest BCUT2D eigenvalue weighted by Crippen LogP contribution is -2.41. The summed E-state index contributed by atoms with van der Waals surface area (Å²) < 4.78 is 31.9. The van der Waals surface area contributed by atoms with Gasteiger partial charge in [-0.05, 0) is 12.1 Å². The summed E-state index contributed by atoms with van der Waals surface area (Å²) in [4.78, 5) is 23.0. The number of aliphatic carboxylic acids is 1. The summed E-state index contributed by atoms with van der Waals surface area (Å²) >= 11 is 0. The van der Waals surface area contributed by atoms with Crippen LogP contribution in [0.5, 0.6) is 0 Å². The molecule has 9 heteroatoms. The summed E-state index contributed by atoms with van der Waals surface area (Å²) in [5.74, 6) is -2.42. The molecule has 0 aromatic heterocycles. The number of nitrogens with zero attached hydrogens (tertiary/aromatic N) is 1. The van der Waals surface area contributed by atoms with E-state index >= 15 is 0 Å². The summed E-state index contributed by atoms with van der Waals surface area (Å²) in [5.41, 5.74) is 0.00146. The number of benzene rings is 1. The van der Waals surface area contributed by atoms with Crippen molar-refractivity contribution in [3.63, 3.8) is 0 Å². The van der Waals surface area contributed by atoms with Crippen LogP contribution in [-0.2, 0) is 19.6 Å². The Morgan fingerprint density at radius 3 is 2.54 bits per heavy atom. The lowest BCUT2D eigenvalue weighted by molar-refractivity contribution is -0.140. The van der Waals surface area contributed by atoms with Crippen LogP contribution in [0, 0.1) is 5.92 Å². The van der Waals surface area contributed by atoms with Gasteiger partial charge in [0.2, 0.25) is 10.0 Å². The van der Waals surface area contributed by atoms with Crippen LogP contribution >= 0.6 is 0 Å². The van der Waals surface area contributed by atoms with Crippen LogP contribution in [0.1, 0.15) is 17.3 Å². The largest absolute Gasteiger partial charge is 0.481 e. The molecule has 2 N–H and O–H groups in total. The zero-order chi connectivity index (χ0) is 17.7. The number of carboxylic acid groups (broad SMARTS) is 1. The first-order valence-corrected chi connectivity index (χ1v) is 8.96. The van der Waals surface area contributed by atoms with Gasteiger partial charge in [0.1, 0.15) is 0 Å². The molecule has 0 spiro atoms. The number of rotatable bonds is 6. The highest BCUT2D eigenvalue weighted by Gasteiger charge is 2.30. The van der Waals surface area contributed by atoms with E-state index in [9.17, 15) is 18.0 Å². The fourth-order valence-electron chi connectivity index (χ4n) is 2.23. The van der Waals surface area contributed by atoms with Gasteiger partial charge >= 0.3 is 5.97 Å². The SMILES string of the molecule is CC(CNC(=O)c1ccccc1S(=O)(=O)N1CCOCC1)C(=O)O. The number of amides is 1. The molecule has 0 aliphatic carbocycles. The second kappa shape index (κ2) is 7.73. The number of carbonyl (C=O) groups excluding carboxylic acids is 1. The number of carboxylic acids is 1. The number of morpholine rings is 1. The predicted octanol–water partition coefficient (Wildman–Crippen LogP) is 0.158. The van der Waals surface area contributed by atoms with Crippen LogP contribution in [0.3, 0.4) is 0 Å². The molecule has 1 heterocycles. The number of sulfonamides is 1. The first-order chi connectivity index (χ1) is 11.3. The minimum atomic E-state index is -3.82. The molecule has 0 saturated carbocycles. The normalized spacial score (nSPS) is 17.2. The van der Waals surface area contributed by atoms with Crippen LogP contribution in [0.25, 0.3) is 0 Å². The van der Waals surface area contributed by atoms with E-state index in [0.29, 0.717) is 13.2 Å². The van der Waals surface area contributed by atoms with Gasteiger partial charge < -0.3 is 15.2 Å². The highest BCUT2D eigenvalue weighted by atomic mass is 32.2. The molecule has 2 rings (SSSR count). The number of hydrogen-bond donors (Lipinski definition) is 2. The Labute approximate surface area is 140 Å². The molecule has 1 fully saturated rings. The van der Waals surface area contributed by atoms with Crippen molar-refractivity contribution in [3.05, 3.63) is 29.8 Å². The first-order valence-electron chi connectivity index (χ1n) is 7.52. The number of hydrogen-bond acceptors (Lipinski definition) is 5. The molecule has 0 radical (unpaired) electrons. The fraction of sp³-hybridized carbons (Fsp3) is 0.467. The Hall–Kier alpha value is -1.97. The molecule has 1 atom stereocenters. The summed E-state index contributed by atoms with van der Waals surface area (Å²) in [6.45, 7) is 2.45. The van der Waals surface area contributed by atoms with E-state index in [1.807, 2.05) is 0 Å². The average molecular weight is 356 g/mol. The van der Waals surface area contributed by atoms with Crippen LogP contribution < -0.4 is 5.32 Å². The third kappa shape index (κ3) is 4.11. The van der Waals surface area contributed by atoms with Crippen molar-refractivity contribution in [3.8, 4) is 0 Å². The Morgan fingerprint density at radius 2 is 1.92 bits per heavy atom. The van der Waals surface area contributed by atoms with Crippen molar-refractivity contribution in [2.75, 3.05) is 32.8 Å². The monoisotopic (exact) mass is 356 g/mol. The minimum absolute atomic E-state index is 0.00146. The second-order valence-corrected chi connectivity index (χ2v) is 7.37. The smallest absolute Gasteiger partial charge is 0.308 e. The van der Waals surface area contributed by atoms with Gasteiger partial charge in [-0.15, -0.1) is 0 Å². The van der Waals surface area contributed by atoms with E-state index in [4.69, 9.17) is 9.84 Å². The van der Waals surface area contributed by atoms with Gasteiger partial charge in [0.15, 0.2) is 0 Å². The molecule has 8 nitrogen and oxygen atoms in total. The van der Waals surface area contributed by atoms with Crippen LogP contribution in [0.2, 0.25) is 0 Å². The molecule has 24 heavy (non-hydrogen) atoms. The van der Waals surface area contributed by atoms with Gasteiger partial charge in [0, 0.05) is 19.6 Å². The maximum Gasteiger partial charge on any atom is 0.308 e. The first kappa shape index (κ1) is 18.4. The molecule has 1 unspecified atom stereocenters. The molecular formula is C15H20N2O6S. The van der Waals surface area contributed by atoms with E-state index in [1.165, 1.54) is 23.4 Å². The number of ether oxygens (including phenoxy) is 1. The summed E-state index contributed by atoms with van der Waals surface area (Å²) in [7, 11) is -3.82. The van der Waals surface area contributed by atoms with E-state index in [0.717, 1.165) is 0 Å². The van der Waals surface area contributed by atoms with E-state index in [2.05, 4.69) is 5.32 Å². The van der Waals surface area contributed by atoms with Crippen molar-refractivity contribution in [2.45, 2.75) is 11.8 Å². The van der Waals surface area contributed by atoms with Gasteiger partial charge in [-0.2, -0.15) is 4.31 Å². The highest BCUT2D eigenvalue weighted by molar-refractivity contribution is 7.89. The van der Waals surface area contributed by atoms with Gasteiger partial charge in [-0.25, -0.2) is 8.42 Å². The minimum Gasteiger partial charge on any atom is -0.481 e. The van der Waals surface area contributed by atoms with Crippen molar-refractivity contribution < 1.29 is 27.9 Å². The van der Waals surface area contributed by atoms with Gasteiger partial charge in [0.05, 0.1) is 29.6 Å². The molecule has 1 aromatic carbocycles. The van der Waals surface area contributed by atoms with Crippen molar-refractivity contribution >= 4 is 21.9 Å².